The summed E-state index contributed by atoms with van der Waals surface area (Å²) in [5, 5.41) is 5.91. The molecule has 1 aromatic rings. The predicted octanol–water partition coefficient (Wildman–Crippen LogP) is 2.99. The Morgan fingerprint density at radius 2 is 2.16 bits per heavy atom. The van der Waals surface area contributed by atoms with Crippen LogP contribution in [0.2, 0.25) is 0 Å². The summed E-state index contributed by atoms with van der Waals surface area (Å²) in [6.07, 6.45) is -3.11. The van der Waals surface area contributed by atoms with E-state index in [2.05, 4.69) is 22.3 Å². The lowest BCUT2D eigenvalue weighted by atomic mass is 9.64. The van der Waals surface area contributed by atoms with Gasteiger partial charge < -0.3 is 4.74 Å². The fraction of sp³-hybridized carbons (Fsp3) is 0.636. The van der Waals surface area contributed by atoms with Gasteiger partial charge in [0.1, 0.15) is 5.69 Å². The number of rotatable bonds is 2. The van der Waals surface area contributed by atoms with Crippen LogP contribution in [0.4, 0.5) is 19.0 Å². The standard InChI is InChI=1S/C11H10F3N3OS/c12-11(13,14)8-1-9(15-6-19)16-17(8)7-2-10(3-7)4-18-5-10/h1,7H,2-5H2. The van der Waals surface area contributed by atoms with E-state index in [1.165, 1.54) is 0 Å². The van der Waals surface area contributed by atoms with Gasteiger partial charge in [-0.05, 0) is 25.1 Å². The first-order valence-corrected chi connectivity index (χ1v) is 6.17. The van der Waals surface area contributed by atoms with Crippen molar-refractivity contribution < 1.29 is 17.9 Å². The van der Waals surface area contributed by atoms with Crippen molar-refractivity contribution in [2.24, 2.45) is 10.4 Å². The van der Waals surface area contributed by atoms with E-state index in [0.29, 0.717) is 26.1 Å². The van der Waals surface area contributed by atoms with Gasteiger partial charge in [-0.2, -0.15) is 23.3 Å². The Morgan fingerprint density at radius 3 is 2.63 bits per heavy atom. The molecule has 0 atom stereocenters. The predicted molar refractivity (Wildman–Crippen MR) is 63.4 cm³/mol. The summed E-state index contributed by atoms with van der Waals surface area (Å²) in [5.74, 6) is -0.0480. The number of halogens is 3. The van der Waals surface area contributed by atoms with Crippen molar-refractivity contribution >= 4 is 23.2 Å². The number of alkyl halides is 3. The second kappa shape index (κ2) is 4.13. The molecule has 2 heterocycles. The monoisotopic (exact) mass is 289 g/mol. The summed E-state index contributed by atoms with van der Waals surface area (Å²) in [4.78, 5) is 3.52. The maximum atomic E-state index is 12.9. The first kappa shape index (κ1) is 12.8. The highest BCUT2D eigenvalue weighted by atomic mass is 32.1. The highest BCUT2D eigenvalue weighted by molar-refractivity contribution is 7.78. The minimum atomic E-state index is -4.44. The van der Waals surface area contributed by atoms with Crippen LogP contribution in [0.25, 0.3) is 0 Å². The minimum absolute atomic E-state index is 0.0480. The van der Waals surface area contributed by atoms with Crippen LogP contribution in [0, 0.1) is 5.41 Å². The molecule has 1 aliphatic heterocycles. The van der Waals surface area contributed by atoms with E-state index in [9.17, 15) is 13.2 Å². The fourth-order valence-electron chi connectivity index (χ4n) is 2.71. The zero-order valence-corrected chi connectivity index (χ0v) is 10.6. The lowest BCUT2D eigenvalue weighted by molar-refractivity contribution is -0.182. The molecule has 102 valence electrons. The maximum absolute atomic E-state index is 12.9. The zero-order chi connectivity index (χ0) is 13.7. The summed E-state index contributed by atoms with van der Waals surface area (Å²) in [5.41, 5.74) is -0.704. The second-order valence-electron chi connectivity index (χ2n) is 5.09. The highest BCUT2D eigenvalue weighted by Gasteiger charge is 2.52. The van der Waals surface area contributed by atoms with Crippen molar-refractivity contribution in [3.05, 3.63) is 11.8 Å². The Balaban J connectivity index is 1.89. The topological polar surface area (TPSA) is 39.4 Å². The van der Waals surface area contributed by atoms with E-state index in [-0.39, 0.29) is 17.3 Å². The molecule has 0 bridgehead atoms. The maximum Gasteiger partial charge on any atom is 0.433 e. The van der Waals surface area contributed by atoms with E-state index in [0.717, 1.165) is 10.7 Å². The number of hydrogen-bond donors (Lipinski definition) is 0. The van der Waals surface area contributed by atoms with Gasteiger partial charge in [0, 0.05) is 11.5 Å². The average molecular weight is 289 g/mol. The van der Waals surface area contributed by atoms with Crippen molar-refractivity contribution in [2.45, 2.75) is 25.1 Å². The number of aliphatic imine (C=N–C) groups is 1. The lowest BCUT2D eigenvalue weighted by Crippen LogP contribution is -2.53. The molecule has 1 saturated heterocycles. The van der Waals surface area contributed by atoms with Gasteiger partial charge in [-0.15, -0.1) is 0 Å². The van der Waals surface area contributed by atoms with Crippen LogP contribution >= 0.6 is 12.2 Å². The first-order chi connectivity index (χ1) is 8.93. The highest BCUT2D eigenvalue weighted by Crippen LogP contribution is 2.54. The molecule has 0 amide bonds. The summed E-state index contributed by atoms with van der Waals surface area (Å²) in [6, 6.07) is 0.663. The van der Waals surface area contributed by atoms with Gasteiger partial charge in [-0.1, -0.05) is 0 Å². The summed E-state index contributed by atoms with van der Waals surface area (Å²) in [7, 11) is 0. The van der Waals surface area contributed by atoms with Crippen LogP contribution in [-0.4, -0.2) is 28.2 Å². The van der Waals surface area contributed by atoms with Gasteiger partial charge in [0.05, 0.1) is 24.4 Å². The van der Waals surface area contributed by atoms with E-state index in [4.69, 9.17) is 4.74 Å². The molecule has 4 nitrogen and oxygen atoms in total. The first-order valence-electron chi connectivity index (χ1n) is 5.76. The largest absolute Gasteiger partial charge is 0.433 e. The third-order valence-corrected chi connectivity index (χ3v) is 3.76. The number of thiocarbonyl (C=S) groups is 1. The Bertz CT molecular complexity index is 550. The molecule has 8 heteroatoms. The fourth-order valence-corrected chi connectivity index (χ4v) is 2.81. The Morgan fingerprint density at radius 1 is 1.47 bits per heavy atom. The number of isothiocyanates is 1. The van der Waals surface area contributed by atoms with E-state index in [1.807, 2.05) is 5.16 Å². The quantitative estimate of drug-likeness (QED) is 0.620. The summed E-state index contributed by atoms with van der Waals surface area (Å²) in [6.45, 7) is 1.27. The van der Waals surface area contributed by atoms with Crippen LogP contribution in [0.3, 0.4) is 0 Å². The van der Waals surface area contributed by atoms with Gasteiger partial charge in [0.15, 0.2) is 5.82 Å². The Kier molecular flexibility index (Phi) is 2.78. The number of nitrogens with zero attached hydrogens (tertiary/aromatic N) is 3. The molecular formula is C11H10F3N3OS. The molecule has 0 aromatic carbocycles. The molecule has 1 aliphatic carbocycles. The van der Waals surface area contributed by atoms with Gasteiger partial charge >= 0.3 is 6.18 Å². The van der Waals surface area contributed by atoms with Crippen molar-refractivity contribution in [3.63, 3.8) is 0 Å². The molecule has 1 saturated carbocycles. The molecule has 1 spiro atoms. The van der Waals surface area contributed by atoms with Crippen LogP contribution in [0.1, 0.15) is 24.6 Å². The van der Waals surface area contributed by atoms with Gasteiger partial charge in [-0.3, -0.25) is 4.68 Å². The van der Waals surface area contributed by atoms with Crippen molar-refractivity contribution in [1.29, 1.82) is 0 Å². The van der Waals surface area contributed by atoms with Crippen molar-refractivity contribution in [2.75, 3.05) is 13.2 Å². The van der Waals surface area contributed by atoms with Crippen LogP contribution in [0.5, 0.6) is 0 Å². The molecule has 19 heavy (non-hydrogen) atoms. The smallest absolute Gasteiger partial charge is 0.380 e. The number of hydrogen-bond acceptors (Lipinski definition) is 4. The summed E-state index contributed by atoms with van der Waals surface area (Å²) >= 11 is 4.39. The Hall–Kier alpha value is -1.24. The lowest BCUT2D eigenvalue weighted by Gasteiger charge is -2.53. The molecule has 0 N–H and O–H groups in total. The number of aromatic nitrogens is 2. The molecule has 1 aromatic heterocycles. The SMILES string of the molecule is FC(F)(F)c1cc(N=C=S)nn1C1CC2(COC2)C1. The van der Waals surface area contributed by atoms with E-state index in [1.54, 1.807) is 0 Å². The minimum Gasteiger partial charge on any atom is -0.380 e. The molecule has 3 rings (SSSR count). The molecule has 2 aliphatic rings. The number of ether oxygens (including phenoxy) is 1. The van der Waals surface area contributed by atoms with Crippen LogP contribution < -0.4 is 0 Å². The molecular weight excluding hydrogens is 279 g/mol. The zero-order valence-electron chi connectivity index (χ0n) is 9.78. The third-order valence-electron chi connectivity index (χ3n) is 3.67. The third kappa shape index (κ3) is 2.09. The van der Waals surface area contributed by atoms with Crippen LogP contribution in [-0.2, 0) is 10.9 Å². The molecule has 0 unspecified atom stereocenters. The molecule has 0 radical (unpaired) electrons. The van der Waals surface area contributed by atoms with E-state index >= 15 is 0 Å². The van der Waals surface area contributed by atoms with Crippen molar-refractivity contribution in [1.82, 2.24) is 9.78 Å². The van der Waals surface area contributed by atoms with Gasteiger partial charge in [-0.25, -0.2) is 0 Å². The normalized spacial score (nSPS) is 21.6. The van der Waals surface area contributed by atoms with Crippen molar-refractivity contribution in [3.8, 4) is 0 Å². The van der Waals surface area contributed by atoms with Crippen LogP contribution in [0.15, 0.2) is 11.1 Å². The van der Waals surface area contributed by atoms with Gasteiger partial charge in [0.25, 0.3) is 0 Å². The second-order valence-corrected chi connectivity index (χ2v) is 5.27. The molecule has 2 fully saturated rings. The van der Waals surface area contributed by atoms with Gasteiger partial charge in [0.2, 0.25) is 0 Å². The van der Waals surface area contributed by atoms with E-state index < -0.39 is 11.9 Å². The average Bonchev–Trinajstić information content (AvgIpc) is 2.57. The summed E-state index contributed by atoms with van der Waals surface area (Å²) < 4.78 is 44.9. The Labute approximate surface area is 112 Å².